The Balaban J connectivity index is 2.43. The van der Waals surface area contributed by atoms with Crippen LogP contribution in [0.5, 0.6) is 0 Å². The number of hydrogen-bond donors (Lipinski definition) is 0. The average Bonchev–Trinajstić information content (AvgIpc) is 2.02. The van der Waals surface area contributed by atoms with Crippen LogP contribution in [0.3, 0.4) is 0 Å². The van der Waals surface area contributed by atoms with Gasteiger partial charge in [-0.1, -0.05) is 5.57 Å². The molecule has 0 aromatic carbocycles. The first-order chi connectivity index (χ1) is 6.11. The van der Waals surface area contributed by atoms with Gasteiger partial charge in [-0.05, 0) is 33.1 Å². The lowest BCUT2D eigenvalue weighted by Gasteiger charge is -2.36. The summed E-state index contributed by atoms with van der Waals surface area (Å²) in [7, 11) is 0. The van der Waals surface area contributed by atoms with E-state index in [-0.39, 0.29) is 5.60 Å². The number of Topliss-reactive ketones (excluding diaryl/α,β-unsaturated/α-hetero) is 1. The van der Waals surface area contributed by atoms with Crippen molar-refractivity contribution in [2.24, 2.45) is 0 Å². The highest BCUT2D eigenvalue weighted by Gasteiger charge is 2.36. The van der Waals surface area contributed by atoms with Gasteiger partial charge in [-0.3, -0.25) is 4.79 Å². The van der Waals surface area contributed by atoms with E-state index in [0.717, 1.165) is 31.4 Å². The van der Waals surface area contributed by atoms with Gasteiger partial charge in [-0.25, -0.2) is 0 Å². The number of ether oxygens (including phenoxy) is 1. The Morgan fingerprint density at radius 3 is 2.69 bits per heavy atom. The highest BCUT2D eigenvalue weighted by Crippen LogP contribution is 2.37. The van der Waals surface area contributed by atoms with Crippen molar-refractivity contribution >= 4 is 5.78 Å². The van der Waals surface area contributed by atoms with E-state index in [2.05, 4.69) is 0 Å². The van der Waals surface area contributed by atoms with Crippen molar-refractivity contribution in [2.75, 3.05) is 6.61 Å². The Kier molecular flexibility index (Phi) is 2.03. The third kappa shape index (κ3) is 1.44. The van der Waals surface area contributed by atoms with Gasteiger partial charge in [0.05, 0.1) is 12.2 Å². The molecule has 0 aromatic heterocycles. The maximum Gasteiger partial charge on any atom is 0.161 e. The normalized spacial score (nSPS) is 27.4. The van der Waals surface area contributed by atoms with Gasteiger partial charge in [0.1, 0.15) is 0 Å². The largest absolute Gasteiger partial charge is 0.370 e. The number of carbonyl (C=O) groups excluding carboxylic acids is 1. The molecule has 0 N–H and O–H groups in total. The van der Waals surface area contributed by atoms with E-state index < -0.39 is 0 Å². The number of rotatable bonds is 0. The van der Waals surface area contributed by atoms with Gasteiger partial charge in [0.25, 0.3) is 0 Å². The first-order valence-electron chi connectivity index (χ1n) is 5.01. The van der Waals surface area contributed by atoms with Crippen molar-refractivity contribution < 1.29 is 9.53 Å². The zero-order chi connectivity index (χ0) is 9.47. The molecule has 0 fully saturated rings. The molecule has 0 spiro atoms. The molecular formula is C11H16O2. The van der Waals surface area contributed by atoms with E-state index in [1.54, 1.807) is 0 Å². The summed E-state index contributed by atoms with van der Waals surface area (Å²) in [6.45, 7) is 4.79. The molecule has 0 bridgehead atoms. The molecular weight excluding hydrogens is 164 g/mol. The van der Waals surface area contributed by atoms with Crippen LogP contribution in [0.4, 0.5) is 0 Å². The summed E-state index contributed by atoms with van der Waals surface area (Å²) >= 11 is 0. The zero-order valence-electron chi connectivity index (χ0n) is 8.35. The zero-order valence-corrected chi connectivity index (χ0v) is 8.35. The van der Waals surface area contributed by atoms with Gasteiger partial charge < -0.3 is 4.74 Å². The highest BCUT2D eigenvalue weighted by atomic mass is 16.5. The fourth-order valence-electron chi connectivity index (χ4n) is 2.42. The van der Waals surface area contributed by atoms with Crippen LogP contribution in [0.25, 0.3) is 0 Å². The first kappa shape index (κ1) is 8.95. The van der Waals surface area contributed by atoms with Crippen molar-refractivity contribution in [3.05, 3.63) is 11.1 Å². The van der Waals surface area contributed by atoms with E-state index in [4.69, 9.17) is 4.74 Å². The summed E-state index contributed by atoms with van der Waals surface area (Å²) in [6, 6.07) is 0. The van der Waals surface area contributed by atoms with Crippen LogP contribution >= 0.6 is 0 Å². The molecule has 0 aromatic rings. The summed E-state index contributed by atoms with van der Waals surface area (Å²) in [5.74, 6) is 0.311. The van der Waals surface area contributed by atoms with Gasteiger partial charge in [-0.2, -0.15) is 0 Å². The van der Waals surface area contributed by atoms with Gasteiger partial charge in [0.15, 0.2) is 5.78 Å². The van der Waals surface area contributed by atoms with Gasteiger partial charge >= 0.3 is 0 Å². The molecule has 0 unspecified atom stereocenters. The Morgan fingerprint density at radius 2 is 2.00 bits per heavy atom. The molecule has 1 aliphatic carbocycles. The third-order valence-electron chi connectivity index (χ3n) is 2.98. The van der Waals surface area contributed by atoms with Crippen LogP contribution in [0.1, 0.15) is 39.5 Å². The van der Waals surface area contributed by atoms with Gasteiger partial charge in [0.2, 0.25) is 0 Å². The fourth-order valence-corrected chi connectivity index (χ4v) is 2.42. The second kappa shape index (κ2) is 2.95. The van der Waals surface area contributed by atoms with Crippen molar-refractivity contribution in [3.8, 4) is 0 Å². The van der Waals surface area contributed by atoms with Crippen LogP contribution < -0.4 is 0 Å². The van der Waals surface area contributed by atoms with E-state index in [0.29, 0.717) is 12.2 Å². The molecule has 2 nitrogen and oxygen atoms in total. The minimum Gasteiger partial charge on any atom is -0.370 e. The summed E-state index contributed by atoms with van der Waals surface area (Å²) in [5.41, 5.74) is 2.00. The first-order valence-corrected chi connectivity index (χ1v) is 5.01. The van der Waals surface area contributed by atoms with Gasteiger partial charge in [0, 0.05) is 12.0 Å². The van der Waals surface area contributed by atoms with Crippen molar-refractivity contribution in [2.45, 2.75) is 45.1 Å². The fraction of sp³-hybridized carbons (Fsp3) is 0.727. The van der Waals surface area contributed by atoms with Crippen molar-refractivity contribution in [3.63, 3.8) is 0 Å². The number of carbonyl (C=O) groups is 1. The molecule has 0 saturated carbocycles. The van der Waals surface area contributed by atoms with Crippen molar-refractivity contribution in [1.82, 2.24) is 0 Å². The highest BCUT2D eigenvalue weighted by molar-refractivity contribution is 5.98. The quantitative estimate of drug-likeness (QED) is 0.571. The molecule has 1 heterocycles. The molecule has 2 rings (SSSR count). The molecule has 2 heteroatoms. The lowest BCUT2D eigenvalue weighted by Crippen LogP contribution is -2.38. The Bertz CT molecular complexity index is 270. The molecule has 1 aliphatic heterocycles. The molecule has 0 saturated heterocycles. The Hall–Kier alpha value is -0.630. The number of ketones is 1. The number of hydrogen-bond acceptors (Lipinski definition) is 2. The van der Waals surface area contributed by atoms with Gasteiger partial charge in [-0.15, -0.1) is 0 Å². The standard InChI is InChI=1S/C11H16O2/c1-11(2)10-8(6-7-13-11)4-3-5-9(10)12/h3-7H2,1-2H3. The lowest BCUT2D eigenvalue weighted by atomic mass is 9.79. The Labute approximate surface area is 79.0 Å². The Morgan fingerprint density at radius 1 is 1.23 bits per heavy atom. The summed E-state index contributed by atoms with van der Waals surface area (Å²) < 4.78 is 5.63. The SMILES string of the molecule is CC1(C)OCCC2=C1C(=O)CCC2. The monoisotopic (exact) mass is 180 g/mol. The maximum atomic E-state index is 11.7. The van der Waals surface area contributed by atoms with Crippen LogP contribution in [-0.4, -0.2) is 18.0 Å². The molecule has 2 aliphatic rings. The topological polar surface area (TPSA) is 26.3 Å². The average molecular weight is 180 g/mol. The van der Waals surface area contributed by atoms with Crippen LogP contribution in [0.2, 0.25) is 0 Å². The van der Waals surface area contributed by atoms with E-state index >= 15 is 0 Å². The molecule has 13 heavy (non-hydrogen) atoms. The second-order valence-corrected chi connectivity index (χ2v) is 4.36. The van der Waals surface area contributed by atoms with Crippen LogP contribution in [0.15, 0.2) is 11.1 Å². The molecule has 0 radical (unpaired) electrons. The third-order valence-corrected chi connectivity index (χ3v) is 2.98. The van der Waals surface area contributed by atoms with E-state index in [1.165, 1.54) is 5.57 Å². The minimum atomic E-state index is -0.328. The lowest BCUT2D eigenvalue weighted by molar-refractivity contribution is -0.120. The minimum absolute atomic E-state index is 0.311. The molecule has 72 valence electrons. The molecule has 0 atom stereocenters. The maximum absolute atomic E-state index is 11.7. The summed E-state index contributed by atoms with van der Waals surface area (Å²) in [4.78, 5) is 11.7. The second-order valence-electron chi connectivity index (χ2n) is 4.36. The predicted octanol–water partition coefficient (Wildman–Crippen LogP) is 2.23. The van der Waals surface area contributed by atoms with Crippen LogP contribution in [-0.2, 0) is 9.53 Å². The van der Waals surface area contributed by atoms with E-state index in [9.17, 15) is 4.79 Å². The summed E-state index contributed by atoms with van der Waals surface area (Å²) in [6.07, 6.45) is 3.82. The smallest absolute Gasteiger partial charge is 0.161 e. The molecule has 0 amide bonds. The predicted molar refractivity (Wildman–Crippen MR) is 50.5 cm³/mol. The van der Waals surface area contributed by atoms with E-state index in [1.807, 2.05) is 13.8 Å². The summed E-state index contributed by atoms with van der Waals surface area (Å²) in [5, 5.41) is 0. The van der Waals surface area contributed by atoms with Crippen LogP contribution in [0, 0.1) is 0 Å². The van der Waals surface area contributed by atoms with Crippen molar-refractivity contribution in [1.29, 1.82) is 0 Å².